The summed E-state index contributed by atoms with van der Waals surface area (Å²) < 4.78 is 57.5. The first-order chi connectivity index (χ1) is 14.4. The summed E-state index contributed by atoms with van der Waals surface area (Å²) in [5.41, 5.74) is 1.05. The van der Waals surface area contributed by atoms with Crippen LogP contribution in [0.4, 0.5) is 10.1 Å². The van der Waals surface area contributed by atoms with Crippen LogP contribution < -0.4 is 18.5 Å². The van der Waals surface area contributed by atoms with Crippen LogP contribution in [-0.2, 0) is 16.6 Å². The molecule has 0 aliphatic heterocycles. The Morgan fingerprint density at radius 1 is 0.800 bits per heavy atom. The predicted molar refractivity (Wildman–Crippen MR) is 112 cm³/mol. The van der Waals surface area contributed by atoms with Gasteiger partial charge in [0.2, 0.25) is 0 Å². The standard InChI is InChI=1S/C22H22FNO5S/c1-27-19-9-7-18(8-10-19)24(30(25,26)22-6-4-5-17(23)13-22)15-16-11-20(28-2)14-21(12-16)29-3/h4-14H,15H2,1-3H3. The zero-order valence-corrected chi connectivity index (χ0v) is 17.6. The Bertz CT molecular complexity index is 1090. The fourth-order valence-electron chi connectivity index (χ4n) is 2.94. The van der Waals surface area contributed by atoms with Gasteiger partial charge >= 0.3 is 0 Å². The van der Waals surface area contributed by atoms with E-state index in [9.17, 15) is 12.8 Å². The molecule has 0 amide bonds. The van der Waals surface area contributed by atoms with E-state index in [4.69, 9.17) is 14.2 Å². The number of anilines is 1. The van der Waals surface area contributed by atoms with Crippen LogP contribution in [0.25, 0.3) is 0 Å². The van der Waals surface area contributed by atoms with Crippen molar-refractivity contribution in [3.05, 3.63) is 78.1 Å². The Labute approximate surface area is 175 Å². The molecule has 0 fully saturated rings. The van der Waals surface area contributed by atoms with E-state index in [0.29, 0.717) is 28.5 Å². The van der Waals surface area contributed by atoms with Crippen molar-refractivity contribution in [2.24, 2.45) is 0 Å². The third kappa shape index (κ3) is 4.65. The molecular formula is C22H22FNO5S. The Morgan fingerprint density at radius 3 is 1.93 bits per heavy atom. The molecule has 0 aliphatic rings. The highest BCUT2D eigenvalue weighted by Crippen LogP contribution is 2.30. The largest absolute Gasteiger partial charge is 0.497 e. The lowest BCUT2D eigenvalue weighted by atomic mass is 10.2. The van der Waals surface area contributed by atoms with E-state index in [0.717, 1.165) is 6.07 Å². The molecule has 0 radical (unpaired) electrons. The summed E-state index contributed by atoms with van der Waals surface area (Å²) >= 11 is 0. The molecule has 0 aliphatic carbocycles. The van der Waals surface area contributed by atoms with Gasteiger partial charge in [0, 0.05) is 6.07 Å². The Morgan fingerprint density at radius 2 is 1.40 bits per heavy atom. The van der Waals surface area contributed by atoms with Gasteiger partial charge in [0.25, 0.3) is 10.0 Å². The van der Waals surface area contributed by atoms with E-state index in [1.165, 1.54) is 43.8 Å². The number of halogens is 1. The number of methoxy groups -OCH3 is 3. The molecule has 0 aromatic heterocycles. The van der Waals surface area contributed by atoms with Crippen LogP contribution in [0.15, 0.2) is 71.6 Å². The van der Waals surface area contributed by atoms with E-state index in [1.54, 1.807) is 42.5 Å². The number of nitrogens with zero attached hydrogens (tertiary/aromatic N) is 1. The first-order valence-corrected chi connectivity index (χ1v) is 10.5. The highest BCUT2D eigenvalue weighted by Gasteiger charge is 2.26. The molecule has 3 aromatic rings. The Kier molecular flexibility index (Phi) is 6.47. The van der Waals surface area contributed by atoms with Crippen molar-refractivity contribution in [2.75, 3.05) is 25.6 Å². The van der Waals surface area contributed by atoms with Gasteiger partial charge in [0.15, 0.2) is 0 Å². The molecule has 0 N–H and O–H groups in total. The minimum absolute atomic E-state index is 0.0151. The minimum atomic E-state index is -4.06. The summed E-state index contributed by atoms with van der Waals surface area (Å²) in [6, 6.07) is 16.7. The SMILES string of the molecule is COc1ccc(N(Cc2cc(OC)cc(OC)c2)S(=O)(=O)c2cccc(F)c2)cc1. The van der Waals surface area contributed by atoms with Crippen LogP contribution in [0.2, 0.25) is 0 Å². The van der Waals surface area contributed by atoms with Gasteiger partial charge in [-0.05, 0) is 60.2 Å². The number of ether oxygens (including phenoxy) is 3. The zero-order valence-electron chi connectivity index (χ0n) is 16.8. The van der Waals surface area contributed by atoms with Crippen molar-refractivity contribution in [3.63, 3.8) is 0 Å². The predicted octanol–water partition coefficient (Wildman–Crippen LogP) is 4.25. The molecule has 0 spiro atoms. The van der Waals surface area contributed by atoms with Gasteiger partial charge in [-0.25, -0.2) is 12.8 Å². The van der Waals surface area contributed by atoms with Crippen molar-refractivity contribution in [1.82, 2.24) is 0 Å². The molecular weight excluding hydrogens is 409 g/mol. The van der Waals surface area contributed by atoms with E-state index in [1.807, 2.05) is 0 Å². The molecule has 3 aromatic carbocycles. The molecule has 158 valence electrons. The number of rotatable bonds is 8. The second-order valence-electron chi connectivity index (χ2n) is 6.39. The molecule has 0 bridgehead atoms. The highest BCUT2D eigenvalue weighted by molar-refractivity contribution is 7.92. The van der Waals surface area contributed by atoms with Gasteiger partial charge in [-0.1, -0.05) is 6.07 Å². The summed E-state index contributed by atoms with van der Waals surface area (Å²) in [5.74, 6) is 1.02. The maximum absolute atomic E-state index is 13.8. The number of hydrogen-bond donors (Lipinski definition) is 0. The lowest BCUT2D eigenvalue weighted by Gasteiger charge is -2.25. The van der Waals surface area contributed by atoms with Crippen LogP contribution in [0.3, 0.4) is 0 Å². The van der Waals surface area contributed by atoms with Crippen molar-refractivity contribution in [3.8, 4) is 17.2 Å². The Hall–Kier alpha value is -3.26. The van der Waals surface area contributed by atoms with Crippen LogP contribution >= 0.6 is 0 Å². The third-order valence-electron chi connectivity index (χ3n) is 4.48. The topological polar surface area (TPSA) is 65.1 Å². The first kappa shape index (κ1) is 21.4. The normalized spacial score (nSPS) is 11.1. The average Bonchev–Trinajstić information content (AvgIpc) is 2.77. The van der Waals surface area contributed by atoms with E-state index in [2.05, 4.69) is 0 Å². The fourth-order valence-corrected chi connectivity index (χ4v) is 4.43. The molecule has 0 unspecified atom stereocenters. The first-order valence-electron chi connectivity index (χ1n) is 9.01. The molecule has 0 atom stereocenters. The van der Waals surface area contributed by atoms with Gasteiger partial charge in [-0.2, -0.15) is 0 Å². The third-order valence-corrected chi connectivity index (χ3v) is 6.25. The fraction of sp³-hybridized carbons (Fsp3) is 0.182. The Balaban J connectivity index is 2.10. The second kappa shape index (κ2) is 9.04. The van der Waals surface area contributed by atoms with Crippen LogP contribution in [0, 0.1) is 5.82 Å². The number of sulfonamides is 1. The van der Waals surface area contributed by atoms with Gasteiger partial charge in [-0.15, -0.1) is 0 Å². The van der Waals surface area contributed by atoms with Crippen molar-refractivity contribution in [1.29, 1.82) is 0 Å². The van der Waals surface area contributed by atoms with Gasteiger partial charge in [0.1, 0.15) is 23.1 Å². The van der Waals surface area contributed by atoms with Crippen LogP contribution in [0.1, 0.15) is 5.56 Å². The smallest absolute Gasteiger partial charge is 0.264 e. The highest BCUT2D eigenvalue weighted by atomic mass is 32.2. The zero-order chi connectivity index (χ0) is 21.7. The maximum atomic E-state index is 13.8. The van der Waals surface area contributed by atoms with Crippen molar-refractivity contribution >= 4 is 15.7 Å². The summed E-state index contributed by atoms with van der Waals surface area (Å²) in [5, 5.41) is 0. The van der Waals surface area contributed by atoms with Gasteiger partial charge < -0.3 is 14.2 Å². The molecule has 3 rings (SSSR count). The molecule has 8 heteroatoms. The lowest BCUT2D eigenvalue weighted by Crippen LogP contribution is -2.30. The van der Waals surface area contributed by atoms with E-state index in [-0.39, 0.29) is 11.4 Å². The van der Waals surface area contributed by atoms with Crippen molar-refractivity contribution < 1.29 is 27.0 Å². The van der Waals surface area contributed by atoms with Gasteiger partial charge in [0.05, 0.1) is 38.5 Å². The summed E-state index contributed by atoms with van der Waals surface area (Å²) in [4.78, 5) is -0.145. The molecule has 0 heterocycles. The second-order valence-corrected chi connectivity index (χ2v) is 8.25. The van der Waals surface area contributed by atoms with E-state index >= 15 is 0 Å². The van der Waals surface area contributed by atoms with Crippen LogP contribution in [0.5, 0.6) is 17.2 Å². The van der Waals surface area contributed by atoms with E-state index < -0.39 is 15.8 Å². The summed E-state index contributed by atoms with van der Waals surface area (Å²) in [6.45, 7) is -0.0151. The minimum Gasteiger partial charge on any atom is -0.497 e. The monoisotopic (exact) mass is 431 g/mol. The molecule has 0 saturated heterocycles. The molecule has 30 heavy (non-hydrogen) atoms. The number of benzene rings is 3. The summed E-state index contributed by atoms with van der Waals surface area (Å²) in [6.07, 6.45) is 0. The lowest BCUT2D eigenvalue weighted by molar-refractivity contribution is 0.393. The summed E-state index contributed by atoms with van der Waals surface area (Å²) in [7, 11) is 0.498. The van der Waals surface area contributed by atoms with Crippen LogP contribution in [-0.4, -0.2) is 29.7 Å². The van der Waals surface area contributed by atoms with Crippen molar-refractivity contribution in [2.45, 2.75) is 11.4 Å². The number of hydrogen-bond acceptors (Lipinski definition) is 5. The average molecular weight is 431 g/mol. The molecule has 0 saturated carbocycles. The quantitative estimate of drug-likeness (QED) is 0.534. The maximum Gasteiger partial charge on any atom is 0.264 e. The van der Waals surface area contributed by atoms with Gasteiger partial charge in [-0.3, -0.25) is 4.31 Å². The molecule has 6 nitrogen and oxygen atoms in total.